The molecule has 0 amide bonds. The van der Waals surface area contributed by atoms with Gasteiger partial charge in [-0.3, -0.25) is 0 Å². The zero-order chi connectivity index (χ0) is 12.1. The first-order chi connectivity index (χ1) is 8.28. The van der Waals surface area contributed by atoms with Gasteiger partial charge in [-0.1, -0.05) is 18.6 Å². The normalized spacial score (nSPS) is 17.2. The molecule has 1 aromatic rings. The van der Waals surface area contributed by atoms with E-state index >= 15 is 0 Å². The Morgan fingerprint density at radius 1 is 1.35 bits per heavy atom. The summed E-state index contributed by atoms with van der Waals surface area (Å²) < 4.78 is 0. The van der Waals surface area contributed by atoms with Gasteiger partial charge in [0, 0.05) is 18.0 Å². The minimum Gasteiger partial charge on any atom is -0.311 e. The van der Waals surface area contributed by atoms with E-state index in [-0.39, 0.29) is 5.41 Å². The van der Waals surface area contributed by atoms with E-state index in [0.29, 0.717) is 0 Å². The van der Waals surface area contributed by atoms with Crippen LogP contribution in [0.2, 0.25) is 0 Å². The van der Waals surface area contributed by atoms with Crippen molar-refractivity contribution < 1.29 is 0 Å². The maximum absolute atomic E-state index is 9.11. The lowest BCUT2D eigenvalue weighted by molar-refractivity contribution is 0.206. The van der Waals surface area contributed by atoms with E-state index in [9.17, 15) is 0 Å². The van der Waals surface area contributed by atoms with Gasteiger partial charge < -0.3 is 5.32 Å². The quantitative estimate of drug-likeness (QED) is 0.810. The van der Waals surface area contributed by atoms with Crippen molar-refractivity contribution in [2.75, 3.05) is 12.8 Å². The average molecular weight is 246 g/mol. The third-order valence-electron chi connectivity index (χ3n) is 3.50. The van der Waals surface area contributed by atoms with Crippen LogP contribution in [0.15, 0.2) is 29.2 Å². The Hall–Kier alpha value is -0.980. The first-order valence-corrected chi connectivity index (χ1v) is 7.25. The number of nitriles is 1. The van der Waals surface area contributed by atoms with Crippen molar-refractivity contribution in [3.05, 3.63) is 29.8 Å². The van der Waals surface area contributed by atoms with E-state index in [2.05, 4.69) is 41.9 Å². The minimum absolute atomic E-state index is 0.0702. The molecule has 1 aromatic carbocycles. The van der Waals surface area contributed by atoms with Crippen LogP contribution in [-0.2, 0) is 6.54 Å². The molecular formula is C14H18N2S. The second kappa shape index (κ2) is 5.57. The van der Waals surface area contributed by atoms with Gasteiger partial charge in [0.2, 0.25) is 0 Å². The van der Waals surface area contributed by atoms with Crippen LogP contribution in [0.5, 0.6) is 0 Å². The molecule has 0 radical (unpaired) electrons. The predicted octanol–water partition coefficient (Wildman–Crippen LogP) is 3.19. The second-order valence-electron chi connectivity index (χ2n) is 4.70. The molecule has 0 unspecified atom stereocenters. The van der Waals surface area contributed by atoms with Crippen molar-refractivity contribution in [1.29, 1.82) is 5.26 Å². The lowest BCUT2D eigenvalue weighted by atomic mass is 9.70. The first kappa shape index (κ1) is 12.5. The maximum Gasteiger partial charge on any atom is 0.0703 e. The molecule has 17 heavy (non-hydrogen) atoms. The SMILES string of the molecule is CSc1ccc(CNCC2(C#N)CCC2)cc1. The highest BCUT2D eigenvalue weighted by Crippen LogP contribution is 2.39. The fraction of sp³-hybridized carbons (Fsp3) is 0.500. The summed E-state index contributed by atoms with van der Waals surface area (Å²) in [5.41, 5.74) is 1.22. The van der Waals surface area contributed by atoms with E-state index in [1.54, 1.807) is 11.8 Å². The van der Waals surface area contributed by atoms with Crippen molar-refractivity contribution in [3.63, 3.8) is 0 Å². The number of benzene rings is 1. The molecule has 0 aromatic heterocycles. The standard InChI is InChI=1S/C14H18N2S/c1-17-13-5-3-12(4-6-13)9-16-11-14(10-15)7-2-8-14/h3-6,16H,2,7-9,11H2,1H3. The van der Waals surface area contributed by atoms with Crippen LogP contribution < -0.4 is 5.32 Å². The number of hydrogen-bond acceptors (Lipinski definition) is 3. The molecule has 1 fully saturated rings. The third kappa shape index (κ3) is 3.02. The van der Waals surface area contributed by atoms with E-state index in [1.165, 1.54) is 16.9 Å². The van der Waals surface area contributed by atoms with E-state index in [0.717, 1.165) is 25.9 Å². The Balaban J connectivity index is 1.80. The largest absolute Gasteiger partial charge is 0.311 e. The molecule has 0 saturated heterocycles. The Morgan fingerprint density at radius 2 is 2.06 bits per heavy atom. The highest BCUT2D eigenvalue weighted by Gasteiger charge is 2.36. The van der Waals surface area contributed by atoms with Gasteiger partial charge in [-0.05, 0) is 36.8 Å². The van der Waals surface area contributed by atoms with Gasteiger partial charge in [-0.2, -0.15) is 5.26 Å². The lowest BCUT2D eigenvalue weighted by Gasteiger charge is -2.35. The van der Waals surface area contributed by atoms with Crippen molar-refractivity contribution in [2.24, 2.45) is 5.41 Å². The number of nitrogens with one attached hydrogen (secondary N) is 1. The molecule has 1 N–H and O–H groups in total. The highest BCUT2D eigenvalue weighted by molar-refractivity contribution is 7.98. The average Bonchev–Trinajstić information content (AvgIpc) is 2.33. The Kier molecular flexibility index (Phi) is 4.09. The molecule has 0 bridgehead atoms. The molecule has 0 heterocycles. The number of thioether (sulfide) groups is 1. The predicted molar refractivity (Wildman–Crippen MR) is 71.8 cm³/mol. The zero-order valence-corrected chi connectivity index (χ0v) is 11.0. The highest BCUT2D eigenvalue weighted by atomic mass is 32.2. The minimum atomic E-state index is -0.0702. The summed E-state index contributed by atoms with van der Waals surface area (Å²) >= 11 is 1.76. The van der Waals surface area contributed by atoms with Crippen LogP contribution >= 0.6 is 11.8 Å². The van der Waals surface area contributed by atoms with Gasteiger partial charge >= 0.3 is 0 Å². The zero-order valence-electron chi connectivity index (χ0n) is 10.2. The monoisotopic (exact) mass is 246 g/mol. The van der Waals surface area contributed by atoms with Crippen LogP contribution in [0.3, 0.4) is 0 Å². The van der Waals surface area contributed by atoms with Crippen molar-refractivity contribution in [1.82, 2.24) is 5.32 Å². The number of rotatable bonds is 5. The molecule has 3 heteroatoms. The van der Waals surface area contributed by atoms with Crippen LogP contribution in [0.25, 0.3) is 0 Å². The summed E-state index contributed by atoms with van der Waals surface area (Å²) in [7, 11) is 0. The fourth-order valence-electron chi connectivity index (χ4n) is 2.12. The summed E-state index contributed by atoms with van der Waals surface area (Å²) in [6.45, 7) is 1.69. The Morgan fingerprint density at radius 3 is 2.53 bits per heavy atom. The molecule has 0 aliphatic heterocycles. The molecule has 2 rings (SSSR count). The number of hydrogen-bond donors (Lipinski definition) is 1. The molecular weight excluding hydrogens is 228 g/mol. The smallest absolute Gasteiger partial charge is 0.0703 e. The molecule has 1 aliphatic carbocycles. The summed E-state index contributed by atoms with van der Waals surface area (Å²) in [5, 5.41) is 12.5. The Bertz CT molecular complexity index is 401. The van der Waals surface area contributed by atoms with Gasteiger partial charge in [0.15, 0.2) is 0 Å². The fourth-order valence-corrected chi connectivity index (χ4v) is 2.53. The molecule has 1 saturated carbocycles. The molecule has 90 valence electrons. The lowest BCUT2D eigenvalue weighted by Crippen LogP contribution is -2.38. The molecule has 0 atom stereocenters. The molecule has 2 nitrogen and oxygen atoms in total. The topological polar surface area (TPSA) is 35.8 Å². The second-order valence-corrected chi connectivity index (χ2v) is 5.58. The summed E-state index contributed by atoms with van der Waals surface area (Å²) in [6.07, 6.45) is 5.40. The third-order valence-corrected chi connectivity index (χ3v) is 4.24. The maximum atomic E-state index is 9.11. The summed E-state index contributed by atoms with van der Waals surface area (Å²) in [6, 6.07) is 11.0. The first-order valence-electron chi connectivity index (χ1n) is 6.03. The van der Waals surface area contributed by atoms with Gasteiger partial charge in [0.25, 0.3) is 0 Å². The van der Waals surface area contributed by atoms with Crippen LogP contribution in [0.4, 0.5) is 0 Å². The van der Waals surface area contributed by atoms with E-state index in [4.69, 9.17) is 5.26 Å². The van der Waals surface area contributed by atoms with Gasteiger partial charge in [-0.25, -0.2) is 0 Å². The van der Waals surface area contributed by atoms with Crippen molar-refractivity contribution in [3.8, 4) is 6.07 Å². The van der Waals surface area contributed by atoms with Crippen LogP contribution in [0, 0.1) is 16.7 Å². The molecule has 0 spiro atoms. The van der Waals surface area contributed by atoms with E-state index in [1.807, 2.05) is 0 Å². The Labute approximate surface area is 107 Å². The van der Waals surface area contributed by atoms with Crippen molar-refractivity contribution >= 4 is 11.8 Å². The van der Waals surface area contributed by atoms with Gasteiger partial charge in [0.05, 0.1) is 11.5 Å². The number of nitrogens with zero attached hydrogens (tertiary/aromatic N) is 1. The summed E-state index contributed by atoms with van der Waals surface area (Å²) in [4.78, 5) is 1.29. The summed E-state index contributed by atoms with van der Waals surface area (Å²) in [5.74, 6) is 0. The van der Waals surface area contributed by atoms with Gasteiger partial charge in [-0.15, -0.1) is 11.8 Å². The molecule has 1 aliphatic rings. The van der Waals surface area contributed by atoms with Crippen molar-refractivity contribution in [2.45, 2.75) is 30.7 Å². The van der Waals surface area contributed by atoms with Crippen LogP contribution in [-0.4, -0.2) is 12.8 Å². The van der Waals surface area contributed by atoms with Gasteiger partial charge in [0.1, 0.15) is 0 Å². The van der Waals surface area contributed by atoms with E-state index < -0.39 is 0 Å². The van der Waals surface area contributed by atoms with Crippen LogP contribution in [0.1, 0.15) is 24.8 Å².